The van der Waals surface area contributed by atoms with Crippen LogP contribution < -0.4 is 15.6 Å². The Bertz CT molecular complexity index is 1690. The number of aromatic nitrogens is 3. The number of amides is 2. The number of rotatable bonds is 5. The number of benzene rings is 1. The van der Waals surface area contributed by atoms with Crippen LogP contribution in [0.15, 0.2) is 33.8 Å². The first-order valence-electron chi connectivity index (χ1n) is 14.1. The smallest absolute Gasteiger partial charge is 0.416 e. The lowest BCUT2D eigenvalue weighted by Gasteiger charge is -2.54. The fourth-order valence-corrected chi connectivity index (χ4v) is 6.00. The van der Waals surface area contributed by atoms with Gasteiger partial charge in [0.2, 0.25) is 11.3 Å². The number of nitrogens with one attached hydrogen (secondary N) is 1. The second-order valence-electron chi connectivity index (χ2n) is 11.7. The molecule has 0 spiro atoms. The summed E-state index contributed by atoms with van der Waals surface area (Å²) in [6.45, 7) is 7.43. The monoisotopic (exact) mass is 682 g/mol. The number of ether oxygens (including phenoxy) is 1. The van der Waals surface area contributed by atoms with E-state index in [1.54, 1.807) is 25.7 Å². The summed E-state index contributed by atoms with van der Waals surface area (Å²) in [5.41, 5.74) is -1.70. The first-order valence-corrected chi connectivity index (χ1v) is 14.9. The zero-order chi connectivity index (χ0) is 32.1. The summed E-state index contributed by atoms with van der Waals surface area (Å²) in [6.07, 6.45) is -2.01. The Labute approximate surface area is 258 Å². The predicted octanol–water partition coefficient (Wildman–Crippen LogP) is 5.50. The second-order valence-corrected chi connectivity index (χ2v) is 12.6. The van der Waals surface area contributed by atoms with Gasteiger partial charge in [0.1, 0.15) is 28.3 Å². The molecule has 2 aromatic heterocycles. The molecule has 1 aromatic carbocycles. The van der Waals surface area contributed by atoms with Gasteiger partial charge in [-0.2, -0.15) is 13.2 Å². The third-order valence-corrected chi connectivity index (χ3v) is 8.10. The fourth-order valence-electron chi connectivity index (χ4n) is 5.72. The number of pyridine rings is 1. The Morgan fingerprint density at radius 2 is 1.84 bits per heavy atom. The quantitative estimate of drug-likeness (QED) is 0.354. The summed E-state index contributed by atoms with van der Waals surface area (Å²) >= 11 is 3.26. The average Bonchev–Trinajstić information content (AvgIpc) is 2.90. The molecular formula is C29H31BrF4N6O4. The van der Waals surface area contributed by atoms with Gasteiger partial charge >= 0.3 is 12.3 Å². The van der Waals surface area contributed by atoms with Gasteiger partial charge in [-0.05, 0) is 74.2 Å². The van der Waals surface area contributed by atoms with Crippen LogP contribution in [0.3, 0.4) is 0 Å². The maximum Gasteiger partial charge on any atom is 0.416 e. The third kappa shape index (κ3) is 6.10. The van der Waals surface area contributed by atoms with E-state index >= 15 is 0 Å². The second kappa shape index (κ2) is 11.6. The Kier molecular flexibility index (Phi) is 8.37. The van der Waals surface area contributed by atoms with Crippen molar-refractivity contribution in [2.45, 2.75) is 77.4 Å². The molecule has 1 N–H and O–H groups in total. The lowest BCUT2D eigenvalue weighted by Crippen LogP contribution is -2.67. The molecule has 1 saturated heterocycles. The molecule has 2 amide bonds. The largest absolute Gasteiger partial charge is 0.444 e. The number of nitrogens with zero attached hydrogens (tertiary/aromatic N) is 5. The number of hydrogen-bond acceptors (Lipinski definition) is 7. The van der Waals surface area contributed by atoms with Crippen LogP contribution in [0.5, 0.6) is 0 Å². The van der Waals surface area contributed by atoms with E-state index in [1.165, 1.54) is 10.8 Å². The van der Waals surface area contributed by atoms with Crippen molar-refractivity contribution in [2.75, 3.05) is 23.3 Å². The van der Waals surface area contributed by atoms with E-state index in [1.807, 2.05) is 11.8 Å². The number of fused-ring (bicyclic) bond motifs is 2. The summed E-state index contributed by atoms with van der Waals surface area (Å²) in [5.74, 6) is -1.98. The van der Waals surface area contributed by atoms with Gasteiger partial charge in [0.25, 0.3) is 0 Å². The Morgan fingerprint density at radius 3 is 2.43 bits per heavy atom. The van der Waals surface area contributed by atoms with Crippen molar-refractivity contribution in [3.05, 3.63) is 56.3 Å². The third-order valence-electron chi connectivity index (χ3n) is 7.72. The number of alkyl halides is 3. The highest BCUT2D eigenvalue weighted by Crippen LogP contribution is 2.38. The molecule has 15 heteroatoms. The van der Waals surface area contributed by atoms with Crippen molar-refractivity contribution in [2.24, 2.45) is 0 Å². The molecular weight excluding hydrogens is 652 g/mol. The van der Waals surface area contributed by atoms with Gasteiger partial charge in [-0.3, -0.25) is 9.59 Å². The topological polar surface area (TPSA) is 110 Å². The SMILES string of the molecule is CCc1c(N2CCN(C(=O)OC(C)(C)C)[C@H]3CC[C@@H]32)c(=O)c2nc(Br)cnc2n1CC(=O)Nc1ccc(C(F)(F)F)cc1F. The molecule has 3 heterocycles. The number of halogens is 5. The first kappa shape index (κ1) is 31.7. The maximum absolute atomic E-state index is 14.5. The van der Waals surface area contributed by atoms with E-state index in [9.17, 15) is 31.9 Å². The van der Waals surface area contributed by atoms with Crippen LogP contribution in [0, 0.1) is 5.82 Å². The standard InChI is InChI=1S/C29H31BrF4N6O4/c1-5-18-24(38-10-11-39(20-9-8-19(20)38)27(43)44-28(2,3)4)25(42)23-26(35-13-21(30)37-23)40(18)14-22(41)36-17-7-6-15(12-16(17)31)29(32,33)34/h6-7,12-13,19-20H,5,8-11,14H2,1-4H3,(H,36,41)/t19-,20-/m0/s1. The van der Waals surface area contributed by atoms with E-state index in [4.69, 9.17) is 4.74 Å². The van der Waals surface area contributed by atoms with Gasteiger partial charge in [-0.1, -0.05) is 6.92 Å². The first-order chi connectivity index (χ1) is 20.6. The van der Waals surface area contributed by atoms with Crippen molar-refractivity contribution >= 4 is 50.5 Å². The number of piperazine rings is 1. The van der Waals surface area contributed by atoms with Gasteiger partial charge < -0.3 is 24.4 Å². The zero-order valence-corrected chi connectivity index (χ0v) is 26.1. The molecule has 0 unspecified atom stereocenters. The van der Waals surface area contributed by atoms with Crippen LogP contribution >= 0.6 is 15.9 Å². The van der Waals surface area contributed by atoms with Crippen LogP contribution in [-0.2, 0) is 28.7 Å². The van der Waals surface area contributed by atoms with Crippen LogP contribution in [0.2, 0.25) is 0 Å². The molecule has 3 aromatic rings. The Hall–Kier alpha value is -3.75. The predicted molar refractivity (Wildman–Crippen MR) is 158 cm³/mol. The van der Waals surface area contributed by atoms with Gasteiger partial charge in [-0.25, -0.2) is 19.2 Å². The van der Waals surface area contributed by atoms with Gasteiger partial charge in [0.15, 0.2) is 11.2 Å². The number of hydrogen-bond donors (Lipinski definition) is 1. The van der Waals surface area contributed by atoms with Crippen molar-refractivity contribution in [3.8, 4) is 0 Å². The van der Waals surface area contributed by atoms with Crippen molar-refractivity contribution < 1.29 is 31.9 Å². The normalized spacial score (nSPS) is 18.6. The Morgan fingerprint density at radius 1 is 1.14 bits per heavy atom. The average molecular weight is 684 g/mol. The number of carbonyl (C=O) groups excluding carboxylic acids is 2. The van der Waals surface area contributed by atoms with Crippen molar-refractivity contribution in [1.29, 1.82) is 0 Å². The maximum atomic E-state index is 14.5. The number of anilines is 2. The molecule has 1 saturated carbocycles. The summed E-state index contributed by atoms with van der Waals surface area (Å²) in [6, 6.07) is 1.50. The molecule has 10 nitrogen and oxygen atoms in total. The van der Waals surface area contributed by atoms with Gasteiger partial charge in [0, 0.05) is 24.8 Å². The minimum atomic E-state index is -4.74. The molecule has 1 aliphatic carbocycles. The lowest BCUT2D eigenvalue weighted by atomic mass is 9.81. The van der Waals surface area contributed by atoms with Crippen molar-refractivity contribution in [3.63, 3.8) is 0 Å². The van der Waals surface area contributed by atoms with Crippen LogP contribution in [-0.4, -0.2) is 62.2 Å². The lowest BCUT2D eigenvalue weighted by molar-refractivity contribution is -0.137. The molecule has 2 fully saturated rings. The molecule has 2 aliphatic rings. The molecule has 44 heavy (non-hydrogen) atoms. The highest BCUT2D eigenvalue weighted by molar-refractivity contribution is 9.10. The van der Waals surface area contributed by atoms with Crippen LogP contribution in [0.25, 0.3) is 11.2 Å². The van der Waals surface area contributed by atoms with E-state index < -0.39 is 47.4 Å². The summed E-state index contributed by atoms with van der Waals surface area (Å²) in [5, 5.41) is 2.33. The van der Waals surface area contributed by atoms with E-state index in [2.05, 4.69) is 31.2 Å². The van der Waals surface area contributed by atoms with E-state index in [0.717, 1.165) is 18.9 Å². The number of carbonyl (C=O) groups is 2. The molecule has 5 rings (SSSR count). The summed E-state index contributed by atoms with van der Waals surface area (Å²) in [7, 11) is 0. The summed E-state index contributed by atoms with van der Waals surface area (Å²) < 4.78 is 60.9. The fraction of sp³-hybridized carbons (Fsp3) is 0.483. The highest BCUT2D eigenvalue weighted by atomic mass is 79.9. The zero-order valence-electron chi connectivity index (χ0n) is 24.5. The van der Waals surface area contributed by atoms with Crippen LogP contribution in [0.4, 0.5) is 33.7 Å². The summed E-state index contributed by atoms with van der Waals surface area (Å²) in [4.78, 5) is 52.5. The Balaban J connectivity index is 1.51. The van der Waals surface area contributed by atoms with Crippen LogP contribution in [0.1, 0.15) is 51.8 Å². The highest BCUT2D eigenvalue weighted by Gasteiger charge is 2.47. The molecule has 236 valence electrons. The van der Waals surface area contributed by atoms with E-state index in [0.29, 0.717) is 47.6 Å². The minimum absolute atomic E-state index is 0.00512. The molecule has 0 radical (unpaired) electrons. The molecule has 1 aliphatic heterocycles. The van der Waals surface area contributed by atoms with E-state index in [-0.39, 0.29) is 28.7 Å². The van der Waals surface area contributed by atoms with Crippen molar-refractivity contribution in [1.82, 2.24) is 19.4 Å². The molecule has 2 atom stereocenters. The van der Waals surface area contributed by atoms with Gasteiger partial charge in [0.05, 0.1) is 23.5 Å². The molecule has 0 bridgehead atoms. The van der Waals surface area contributed by atoms with Gasteiger partial charge in [-0.15, -0.1) is 0 Å². The minimum Gasteiger partial charge on any atom is -0.444 e.